The minimum absolute atomic E-state index is 0.00674. The highest BCUT2D eigenvalue weighted by molar-refractivity contribution is 6.21. The molecule has 1 aromatic carbocycles. The van der Waals surface area contributed by atoms with E-state index in [2.05, 4.69) is 5.32 Å². The molecule has 6 nitrogen and oxygen atoms in total. The van der Waals surface area contributed by atoms with Gasteiger partial charge in [-0.05, 0) is 49.7 Å². The number of benzene rings is 1. The van der Waals surface area contributed by atoms with Gasteiger partial charge in [0.1, 0.15) is 0 Å². The van der Waals surface area contributed by atoms with Crippen LogP contribution in [0.5, 0.6) is 0 Å². The lowest BCUT2D eigenvalue weighted by Crippen LogP contribution is -2.49. The van der Waals surface area contributed by atoms with Gasteiger partial charge in [-0.3, -0.25) is 19.3 Å². The summed E-state index contributed by atoms with van der Waals surface area (Å²) in [7, 11) is 0. The molecular formula is C20H25N3O3. The van der Waals surface area contributed by atoms with Crippen LogP contribution >= 0.6 is 0 Å². The zero-order chi connectivity index (χ0) is 18.3. The van der Waals surface area contributed by atoms with E-state index in [1.54, 1.807) is 24.3 Å². The molecule has 3 N–H and O–H groups in total. The number of nitrogens with one attached hydrogen (secondary N) is 1. The molecule has 2 saturated carbocycles. The molecule has 2 atom stereocenters. The lowest BCUT2D eigenvalue weighted by Gasteiger charge is -2.43. The number of carbonyl (C=O) groups is 3. The van der Waals surface area contributed by atoms with Crippen LogP contribution in [-0.4, -0.2) is 41.8 Å². The van der Waals surface area contributed by atoms with E-state index in [0.717, 1.165) is 25.7 Å². The molecule has 26 heavy (non-hydrogen) atoms. The van der Waals surface area contributed by atoms with Gasteiger partial charge in [-0.15, -0.1) is 0 Å². The summed E-state index contributed by atoms with van der Waals surface area (Å²) in [5, 5.41) is 2.93. The molecule has 3 aliphatic rings. The number of imide groups is 1. The summed E-state index contributed by atoms with van der Waals surface area (Å²) in [5.74, 6) is 0.387. The van der Waals surface area contributed by atoms with Crippen molar-refractivity contribution in [1.29, 1.82) is 0 Å². The molecule has 3 amide bonds. The Morgan fingerprint density at radius 3 is 2.23 bits per heavy atom. The van der Waals surface area contributed by atoms with Crippen molar-refractivity contribution >= 4 is 17.7 Å². The number of rotatable bonds is 4. The Hall–Kier alpha value is -2.21. The van der Waals surface area contributed by atoms with Crippen molar-refractivity contribution in [3.05, 3.63) is 35.4 Å². The number of amides is 3. The average Bonchev–Trinajstić information content (AvgIpc) is 2.86. The third kappa shape index (κ3) is 2.92. The van der Waals surface area contributed by atoms with Crippen LogP contribution in [0, 0.1) is 17.8 Å². The summed E-state index contributed by atoms with van der Waals surface area (Å²) in [6.45, 7) is 0.499. The summed E-state index contributed by atoms with van der Waals surface area (Å²) < 4.78 is 0. The summed E-state index contributed by atoms with van der Waals surface area (Å²) in [4.78, 5) is 38.4. The Morgan fingerprint density at radius 1 is 1.08 bits per heavy atom. The van der Waals surface area contributed by atoms with Gasteiger partial charge < -0.3 is 11.1 Å². The highest BCUT2D eigenvalue weighted by atomic mass is 16.2. The van der Waals surface area contributed by atoms with Crippen molar-refractivity contribution in [1.82, 2.24) is 10.2 Å². The normalized spacial score (nSPS) is 30.3. The Morgan fingerprint density at radius 2 is 1.65 bits per heavy atom. The standard InChI is InChI=1S/C20H25N3O3/c21-17-12-4-3-5-13(17)11-14(10-12)18(24)22-8-9-23-19(25)15-6-1-2-7-16(15)20(23)26/h1-2,6-7,12-14,17H,3-5,8-11,21H2,(H,22,24). The van der Waals surface area contributed by atoms with Crippen molar-refractivity contribution in [2.75, 3.05) is 13.1 Å². The molecule has 2 bridgehead atoms. The van der Waals surface area contributed by atoms with Gasteiger partial charge in [0.15, 0.2) is 0 Å². The van der Waals surface area contributed by atoms with E-state index < -0.39 is 0 Å². The Balaban J connectivity index is 1.31. The summed E-state index contributed by atoms with van der Waals surface area (Å²) in [6, 6.07) is 7.07. The molecule has 0 spiro atoms. The van der Waals surface area contributed by atoms with Crippen LogP contribution in [0.15, 0.2) is 24.3 Å². The molecule has 2 unspecified atom stereocenters. The van der Waals surface area contributed by atoms with Crippen molar-refractivity contribution in [2.24, 2.45) is 23.5 Å². The van der Waals surface area contributed by atoms with Crippen molar-refractivity contribution in [2.45, 2.75) is 38.1 Å². The van der Waals surface area contributed by atoms with Crippen LogP contribution in [0.1, 0.15) is 52.8 Å². The first-order chi connectivity index (χ1) is 12.6. The van der Waals surface area contributed by atoms with Crippen LogP contribution in [-0.2, 0) is 4.79 Å². The monoisotopic (exact) mass is 355 g/mol. The van der Waals surface area contributed by atoms with Gasteiger partial charge in [0.05, 0.1) is 11.1 Å². The van der Waals surface area contributed by atoms with Crippen molar-refractivity contribution in [3.8, 4) is 0 Å². The molecule has 138 valence electrons. The molecule has 2 fully saturated rings. The molecule has 1 aliphatic heterocycles. The summed E-state index contributed by atoms with van der Waals surface area (Å²) in [5.41, 5.74) is 7.17. The second-order valence-electron chi connectivity index (χ2n) is 7.80. The lowest BCUT2D eigenvalue weighted by molar-refractivity contribution is -0.127. The first-order valence-corrected chi connectivity index (χ1v) is 9.54. The Labute approximate surface area is 153 Å². The maximum atomic E-state index is 12.6. The molecule has 6 heteroatoms. The third-order valence-corrected chi connectivity index (χ3v) is 6.30. The van der Waals surface area contributed by atoms with Gasteiger partial charge in [-0.2, -0.15) is 0 Å². The van der Waals surface area contributed by atoms with Crippen LogP contribution in [0.25, 0.3) is 0 Å². The molecule has 0 saturated heterocycles. The topological polar surface area (TPSA) is 92.5 Å². The summed E-state index contributed by atoms with van der Waals surface area (Å²) >= 11 is 0. The predicted octanol–water partition coefficient (Wildman–Crippen LogP) is 1.55. The third-order valence-electron chi connectivity index (χ3n) is 6.30. The predicted molar refractivity (Wildman–Crippen MR) is 96.3 cm³/mol. The highest BCUT2D eigenvalue weighted by Gasteiger charge is 2.40. The van der Waals surface area contributed by atoms with E-state index in [-0.39, 0.29) is 36.2 Å². The molecule has 4 rings (SSSR count). The molecule has 0 aromatic heterocycles. The fourth-order valence-corrected chi connectivity index (χ4v) is 4.88. The molecule has 1 heterocycles. The van der Waals surface area contributed by atoms with Crippen LogP contribution in [0.4, 0.5) is 0 Å². The van der Waals surface area contributed by atoms with Crippen molar-refractivity contribution in [3.63, 3.8) is 0 Å². The molecule has 1 aromatic rings. The van der Waals surface area contributed by atoms with Crippen LogP contribution < -0.4 is 11.1 Å². The number of hydrogen-bond donors (Lipinski definition) is 2. The SMILES string of the molecule is NC1C2CCCC1CC(C(=O)NCCN1C(=O)c3ccccc3C1=O)C2. The average molecular weight is 355 g/mol. The van der Waals surface area contributed by atoms with Crippen LogP contribution in [0.3, 0.4) is 0 Å². The fourth-order valence-electron chi connectivity index (χ4n) is 4.88. The van der Waals surface area contributed by atoms with Gasteiger partial charge in [0, 0.05) is 25.0 Å². The number of fused-ring (bicyclic) bond motifs is 3. The van der Waals surface area contributed by atoms with E-state index in [4.69, 9.17) is 5.73 Å². The first-order valence-electron chi connectivity index (χ1n) is 9.54. The minimum atomic E-state index is -0.280. The van der Waals surface area contributed by atoms with Crippen LogP contribution in [0.2, 0.25) is 0 Å². The van der Waals surface area contributed by atoms with E-state index >= 15 is 0 Å². The van der Waals surface area contributed by atoms with Gasteiger partial charge in [-0.1, -0.05) is 18.6 Å². The Bertz CT molecular complexity index is 699. The fraction of sp³-hybridized carbons (Fsp3) is 0.550. The van der Waals surface area contributed by atoms with E-state index in [9.17, 15) is 14.4 Å². The Kier molecular flexibility index (Phi) is 4.53. The number of nitrogens with two attached hydrogens (primary N) is 1. The number of nitrogens with zero attached hydrogens (tertiary/aromatic N) is 1. The molecule has 2 aliphatic carbocycles. The smallest absolute Gasteiger partial charge is 0.261 e. The highest BCUT2D eigenvalue weighted by Crippen LogP contribution is 2.41. The second kappa shape index (κ2) is 6.83. The lowest BCUT2D eigenvalue weighted by atomic mass is 9.65. The number of carbonyl (C=O) groups excluding carboxylic acids is 3. The van der Waals surface area contributed by atoms with E-state index in [1.165, 1.54) is 11.3 Å². The quantitative estimate of drug-likeness (QED) is 0.802. The molecule has 0 radical (unpaired) electrons. The first kappa shape index (κ1) is 17.2. The van der Waals surface area contributed by atoms with Gasteiger partial charge >= 0.3 is 0 Å². The maximum Gasteiger partial charge on any atom is 0.261 e. The van der Waals surface area contributed by atoms with E-state index in [1.807, 2.05) is 0 Å². The second-order valence-corrected chi connectivity index (χ2v) is 7.80. The zero-order valence-electron chi connectivity index (χ0n) is 14.8. The van der Waals surface area contributed by atoms with Crippen molar-refractivity contribution < 1.29 is 14.4 Å². The number of hydrogen-bond acceptors (Lipinski definition) is 4. The van der Waals surface area contributed by atoms with Gasteiger partial charge in [-0.25, -0.2) is 0 Å². The van der Waals surface area contributed by atoms with E-state index in [0.29, 0.717) is 29.5 Å². The zero-order valence-corrected chi connectivity index (χ0v) is 14.8. The van der Waals surface area contributed by atoms with Gasteiger partial charge in [0.2, 0.25) is 5.91 Å². The summed E-state index contributed by atoms with van der Waals surface area (Å²) in [6.07, 6.45) is 5.18. The maximum absolute atomic E-state index is 12.6. The largest absolute Gasteiger partial charge is 0.354 e. The minimum Gasteiger partial charge on any atom is -0.354 e. The molecular weight excluding hydrogens is 330 g/mol. The van der Waals surface area contributed by atoms with Gasteiger partial charge in [0.25, 0.3) is 11.8 Å².